The van der Waals surface area contributed by atoms with Gasteiger partial charge in [-0.2, -0.15) is 8.78 Å². The summed E-state index contributed by atoms with van der Waals surface area (Å²) in [5.41, 5.74) is 0.784. The predicted molar refractivity (Wildman–Crippen MR) is 198 cm³/mol. The molecule has 294 valence electrons. The molecule has 0 saturated carbocycles. The molecular weight excluding hydrogens is 737 g/mol. The van der Waals surface area contributed by atoms with Gasteiger partial charge in [0.25, 0.3) is 27.7 Å². The Balaban J connectivity index is 1.38. The first kappa shape index (κ1) is 42.4. The average molecular weight is 782 g/mol. The van der Waals surface area contributed by atoms with E-state index in [9.17, 15) is 37.2 Å². The fourth-order valence-electron chi connectivity index (χ4n) is 6.27. The van der Waals surface area contributed by atoms with E-state index in [4.69, 9.17) is 0 Å². The molecule has 1 fully saturated rings. The molecule has 4 rings (SSSR count). The van der Waals surface area contributed by atoms with Gasteiger partial charge < -0.3 is 10.6 Å². The van der Waals surface area contributed by atoms with E-state index in [1.54, 1.807) is 50.2 Å². The second kappa shape index (κ2) is 18.3. The van der Waals surface area contributed by atoms with Gasteiger partial charge in [0.15, 0.2) is 0 Å². The number of nitrogens with one attached hydrogen (secondary N) is 4. The van der Waals surface area contributed by atoms with Gasteiger partial charge in [0, 0.05) is 17.7 Å². The summed E-state index contributed by atoms with van der Waals surface area (Å²) in [6.07, 6.45) is 0.781. The highest BCUT2D eigenvalue weighted by molar-refractivity contribution is 7.90. The number of imide groups is 1. The summed E-state index contributed by atoms with van der Waals surface area (Å²) in [7, 11) is -4.14. The minimum absolute atomic E-state index is 0.0255. The summed E-state index contributed by atoms with van der Waals surface area (Å²) in [6.45, 7) is 6.27. The van der Waals surface area contributed by atoms with Crippen molar-refractivity contribution in [1.29, 1.82) is 0 Å². The number of rotatable bonds is 16. The third-order valence-electron chi connectivity index (χ3n) is 9.16. The Kier molecular flexibility index (Phi) is 14.1. The lowest BCUT2D eigenvalue weighted by atomic mass is 9.93. The topological polar surface area (TPSA) is 188 Å². The molecule has 5 amide bonds. The molecule has 13 nitrogen and oxygen atoms in total. The molecule has 16 heteroatoms. The van der Waals surface area contributed by atoms with Gasteiger partial charge in [-0.3, -0.25) is 39.0 Å². The SMILES string of the molecule is CC(C)C(C(=O)C(F)(F)C(=O)NCCc1ccccc1)N1CCC[C@H]1C(=O)NC(=O)[C@@H](NC(=O)c1ccc(C(=O)NS(=O)(=O)c2ccccc2)cc1)C(C)C. The highest BCUT2D eigenvalue weighted by Crippen LogP contribution is 2.30. The molecule has 1 unspecified atom stereocenters. The number of Topliss-reactive ketones (excluding diaryl/α,β-unsaturated/α-hetero) is 1. The van der Waals surface area contributed by atoms with E-state index in [2.05, 4.69) is 16.0 Å². The predicted octanol–water partition coefficient (Wildman–Crippen LogP) is 3.25. The maximum atomic E-state index is 15.4. The first-order valence-corrected chi connectivity index (χ1v) is 19.3. The number of likely N-dealkylation sites (tertiary alicyclic amines) is 1. The molecule has 1 aliphatic heterocycles. The van der Waals surface area contributed by atoms with Crippen LogP contribution in [0.4, 0.5) is 8.78 Å². The molecule has 3 aromatic rings. The molecule has 0 aromatic heterocycles. The van der Waals surface area contributed by atoms with Crippen LogP contribution in [0.2, 0.25) is 0 Å². The molecule has 0 radical (unpaired) electrons. The number of hydrogen-bond acceptors (Lipinski definition) is 9. The fraction of sp³-hybridized carbons (Fsp3) is 0.385. The smallest absolute Gasteiger partial charge is 0.350 e. The molecule has 3 aromatic carbocycles. The van der Waals surface area contributed by atoms with Crippen molar-refractivity contribution in [1.82, 2.24) is 25.6 Å². The van der Waals surface area contributed by atoms with Gasteiger partial charge in [-0.05, 0) is 79.6 Å². The lowest BCUT2D eigenvalue weighted by Crippen LogP contribution is -2.60. The second-order valence-electron chi connectivity index (χ2n) is 13.9. The van der Waals surface area contributed by atoms with Gasteiger partial charge in [-0.1, -0.05) is 76.2 Å². The molecule has 0 aliphatic carbocycles. The Hall–Kier alpha value is -5.35. The van der Waals surface area contributed by atoms with Crippen molar-refractivity contribution in [2.75, 3.05) is 13.1 Å². The van der Waals surface area contributed by atoms with Gasteiger partial charge in [0.1, 0.15) is 6.04 Å². The standard InChI is InChI=1S/C39H45F2N5O8S/c1-24(2)31(43-34(48)27-17-19-28(20-18-27)35(49)45-55(53,54)29-14-9-6-10-15-29)37(51)44-36(50)30-16-11-23-46(30)32(25(3)4)33(47)39(40,41)38(52)42-22-21-26-12-7-5-8-13-26/h5-10,12-15,17-20,24-25,30-32H,11,16,21-23H2,1-4H3,(H,42,52)(H,43,48)(H,45,49)(H,44,50,51)/t30-,31-,32?/m0/s1. The molecule has 0 bridgehead atoms. The van der Waals surface area contributed by atoms with Crippen molar-refractivity contribution in [3.8, 4) is 0 Å². The van der Waals surface area contributed by atoms with Gasteiger partial charge >= 0.3 is 5.92 Å². The van der Waals surface area contributed by atoms with E-state index < -0.39 is 81.2 Å². The normalized spacial score (nSPS) is 15.9. The van der Waals surface area contributed by atoms with Crippen LogP contribution in [0.15, 0.2) is 89.8 Å². The third-order valence-corrected chi connectivity index (χ3v) is 10.5. The second-order valence-corrected chi connectivity index (χ2v) is 15.6. The quantitative estimate of drug-likeness (QED) is 0.158. The van der Waals surface area contributed by atoms with E-state index in [0.29, 0.717) is 6.42 Å². The van der Waals surface area contributed by atoms with E-state index in [-0.39, 0.29) is 42.0 Å². The van der Waals surface area contributed by atoms with Crippen LogP contribution in [0.3, 0.4) is 0 Å². The molecule has 4 N–H and O–H groups in total. The Morgan fingerprint density at radius 3 is 1.93 bits per heavy atom. The molecule has 1 saturated heterocycles. The first-order valence-electron chi connectivity index (χ1n) is 17.8. The number of hydrogen-bond donors (Lipinski definition) is 4. The number of sulfonamides is 1. The lowest BCUT2D eigenvalue weighted by molar-refractivity contribution is -0.163. The number of ketones is 1. The Morgan fingerprint density at radius 1 is 0.800 bits per heavy atom. The van der Waals surface area contributed by atoms with E-state index >= 15 is 8.78 Å². The summed E-state index contributed by atoms with van der Waals surface area (Å²) < 4.78 is 57.7. The Bertz CT molecular complexity index is 1980. The highest BCUT2D eigenvalue weighted by atomic mass is 32.2. The monoisotopic (exact) mass is 781 g/mol. The number of nitrogens with zero attached hydrogens (tertiary/aromatic N) is 1. The minimum Gasteiger partial charge on any atom is -0.350 e. The number of halogens is 2. The summed E-state index contributed by atoms with van der Waals surface area (Å²) >= 11 is 0. The van der Waals surface area contributed by atoms with Gasteiger partial charge in [-0.15, -0.1) is 0 Å². The fourth-order valence-corrected chi connectivity index (χ4v) is 7.26. The molecule has 3 atom stereocenters. The third kappa shape index (κ3) is 10.7. The average Bonchev–Trinajstić information content (AvgIpc) is 3.63. The van der Waals surface area contributed by atoms with Crippen molar-refractivity contribution < 1.29 is 46.0 Å². The van der Waals surface area contributed by atoms with Crippen molar-refractivity contribution in [2.45, 2.75) is 75.9 Å². The maximum Gasteiger partial charge on any atom is 0.383 e. The molecule has 0 spiro atoms. The van der Waals surface area contributed by atoms with Crippen LogP contribution in [-0.4, -0.2) is 85.8 Å². The van der Waals surface area contributed by atoms with Crippen molar-refractivity contribution in [3.63, 3.8) is 0 Å². The van der Waals surface area contributed by atoms with Crippen LogP contribution in [0.1, 0.15) is 66.8 Å². The minimum atomic E-state index is -4.39. The van der Waals surface area contributed by atoms with Crippen molar-refractivity contribution in [2.24, 2.45) is 11.8 Å². The zero-order valence-electron chi connectivity index (χ0n) is 30.9. The van der Waals surface area contributed by atoms with Gasteiger partial charge in [-0.25, -0.2) is 13.1 Å². The largest absolute Gasteiger partial charge is 0.383 e. The zero-order chi connectivity index (χ0) is 40.5. The van der Waals surface area contributed by atoms with Crippen molar-refractivity contribution >= 4 is 45.3 Å². The molecule has 1 aliphatic rings. The number of carbonyl (C=O) groups excluding carboxylic acids is 6. The number of amides is 5. The summed E-state index contributed by atoms with van der Waals surface area (Å²) in [6, 6.07) is 17.3. The van der Waals surface area contributed by atoms with Gasteiger partial charge in [0.05, 0.1) is 17.0 Å². The van der Waals surface area contributed by atoms with Gasteiger partial charge in [0.2, 0.25) is 17.6 Å². The van der Waals surface area contributed by atoms with E-state index in [1.807, 2.05) is 4.72 Å². The summed E-state index contributed by atoms with van der Waals surface area (Å²) in [5.74, 6) is -12.4. The Morgan fingerprint density at radius 2 is 1.36 bits per heavy atom. The number of alkyl halides is 2. The summed E-state index contributed by atoms with van der Waals surface area (Å²) in [5, 5.41) is 6.96. The van der Waals surface area contributed by atoms with Crippen LogP contribution in [0.5, 0.6) is 0 Å². The van der Waals surface area contributed by atoms with E-state index in [1.165, 1.54) is 67.3 Å². The van der Waals surface area contributed by atoms with Crippen LogP contribution in [-0.2, 0) is 35.6 Å². The van der Waals surface area contributed by atoms with Crippen LogP contribution >= 0.6 is 0 Å². The molecule has 55 heavy (non-hydrogen) atoms. The number of benzene rings is 3. The van der Waals surface area contributed by atoms with E-state index in [0.717, 1.165) is 5.56 Å². The Labute approximate surface area is 318 Å². The summed E-state index contributed by atoms with van der Waals surface area (Å²) in [4.78, 5) is 79.8. The number of carbonyl (C=O) groups is 6. The highest BCUT2D eigenvalue weighted by Gasteiger charge is 2.54. The van der Waals surface area contributed by atoms with Crippen LogP contribution in [0, 0.1) is 11.8 Å². The first-order chi connectivity index (χ1) is 25.9. The van der Waals surface area contributed by atoms with Crippen LogP contribution in [0.25, 0.3) is 0 Å². The lowest BCUT2D eigenvalue weighted by Gasteiger charge is -2.35. The van der Waals surface area contributed by atoms with Crippen molar-refractivity contribution in [3.05, 3.63) is 102 Å². The molecule has 1 heterocycles. The zero-order valence-corrected chi connectivity index (χ0v) is 31.7. The maximum absolute atomic E-state index is 15.4. The molecular formula is C39H45F2N5O8S. The van der Waals surface area contributed by atoms with Crippen LogP contribution < -0.4 is 20.7 Å².